The first-order valence-electron chi connectivity index (χ1n) is 9.50. The first kappa shape index (κ1) is 20.9. The van der Waals surface area contributed by atoms with E-state index in [0.29, 0.717) is 29.7 Å². The lowest BCUT2D eigenvalue weighted by Gasteiger charge is -2.33. The van der Waals surface area contributed by atoms with Gasteiger partial charge in [-0.15, -0.1) is 0 Å². The Hall–Kier alpha value is -1.40. The average Bonchev–Trinajstić information content (AvgIpc) is 2.59. The highest BCUT2D eigenvalue weighted by molar-refractivity contribution is 7.89. The van der Waals surface area contributed by atoms with E-state index in [1.54, 1.807) is 24.3 Å². The molecule has 26 heavy (non-hydrogen) atoms. The lowest BCUT2D eigenvalue weighted by atomic mass is 9.91. The molecular formula is C20H32N2O3S. The SMILES string of the molecule is Cc1ccc(S(=O)(=O)N2CCCC(C(=O)NC(C(C)C)C(C)C)C2)cc1. The predicted molar refractivity (Wildman–Crippen MR) is 104 cm³/mol. The lowest BCUT2D eigenvalue weighted by Crippen LogP contribution is -2.49. The fourth-order valence-corrected chi connectivity index (χ4v) is 5.14. The van der Waals surface area contributed by atoms with Gasteiger partial charge in [0, 0.05) is 19.1 Å². The van der Waals surface area contributed by atoms with Crippen LogP contribution in [0.25, 0.3) is 0 Å². The van der Waals surface area contributed by atoms with Crippen LogP contribution in [0.4, 0.5) is 0 Å². The Morgan fingerprint density at radius 3 is 2.23 bits per heavy atom. The fourth-order valence-electron chi connectivity index (χ4n) is 3.62. The van der Waals surface area contributed by atoms with Gasteiger partial charge in [-0.3, -0.25) is 4.79 Å². The minimum atomic E-state index is -3.55. The van der Waals surface area contributed by atoms with Crippen molar-refractivity contribution < 1.29 is 13.2 Å². The maximum absolute atomic E-state index is 12.9. The zero-order chi connectivity index (χ0) is 19.5. The largest absolute Gasteiger partial charge is 0.353 e. The number of aryl methyl sites for hydroxylation is 1. The van der Waals surface area contributed by atoms with Gasteiger partial charge in [0.05, 0.1) is 10.8 Å². The third-order valence-corrected chi connectivity index (χ3v) is 7.04. The molecule has 6 heteroatoms. The van der Waals surface area contributed by atoms with Crippen LogP contribution in [0, 0.1) is 24.7 Å². The molecule has 1 N–H and O–H groups in total. The van der Waals surface area contributed by atoms with Crippen molar-refractivity contribution in [2.45, 2.75) is 58.4 Å². The molecule has 1 unspecified atom stereocenters. The summed E-state index contributed by atoms with van der Waals surface area (Å²) in [6.45, 7) is 11.0. The van der Waals surface area contributed by atoms with Crippen molar-refractivity contribution in [3.63, 3.8) is 0 Å². The number of rotatable bonds is 6. The van der Waals surface area contributed by atoms with Gasteiger partial charge >= 0.3 is 0 Å². The van der Waals surface area contributed by atoms with Gasteiger partial charge in [-0.05, 0) is 43.7 Å². The minimum absolute atomic E-state index is 0.0267. The third-order valence-electron chi connectivity index (χ3n) is 5.16. The fraction of sp³-hybridized carbons (Fsp3) is 0.650. The van der Waals surface area contributed by atoms with E-state index < -0.39 is 10.0 Å². The maximum atomic E-state index is 12.9. The highest BCUT2D eigenvalue weighted by atomic mass is 32.2. The number of nitrogens with zero attached hydrogens (tertiary/aromatic N) is 1. The van der Waals surface area contributed by atoms with Crippen molar-refractivity contribution in [1.82, 2.24) is 9.62 Å². The Morgan fingerprint density at radius 1 is 1.12 bits per heavy atom. The van der Waals surface area contributed by atoms with Crippen LogP contribution in [0.15, 0.2) is 29.2 Å². The summed E-state index contributed by atoms with van der Waals surface area (Å²) in [6, 6.07) is 6.99. The number of hydrogen-bond acceptors (Lipinski definition) is 3. The number of nitrogens with one attached hydrogen (secondary N) is 1. The monoisotopic (exact) mass is 380 g/mol. The van der Waals surface area contributed by atoms with Crippen molar-refractivity contribution in [1.29, 1.82) is 0 Å². The number of amides is 1. The lowest BCUT2D eigenvalue weighted by molar-refractivity contribution is -0.127. The van der Waals surface area contributed by atoms with Crippen LogP contribution in [-0.4, -0.2) is 37.8 Å². The van der Waals surface area contributed by atoms with Gasteiger partial charge in [0.1, 0.15) is 0 Å². The van der Waals surface area contributed by atoms with Gasteiger partial charge in [0.25, 0.3) is 0 Å². The molecule has 0 aliphatic carbocycles. The van der Waals surface area contributed by atoms with Crippen LogP contribution in [0.3, 0.4) is 0 Å². The predicted octanol–water partition coefficient (Wildman–Crippen LogP) is 3.19. The first-order chi connectivity index (χ1) is 12.1. The van der Waals surface area contributed by atoms with Crippen LogP contribution < -0.4 is 5.32 Å². The maximum Gasteiger partial charge on any atom is 0.243 e. The van der Waals surface area contributed by atoms with E-state index in [1.165, 1.54) is 4.31 Å². The molecule has 1 aromatic carbocycles. The molecule has 0 radical (unpaired) electrons. The smallest absolute Gasteiger partial charge is 0.243 e. The molecule has 1 heterocycles. The summed E-state index contributed by atoms with van der Waals surface area (Å²) >= 11 is 0. The van der Waals surface area contributed by atoms with Gasteiger partial charge in [-0.25, -0.2) is 8.42 Å². The number of carbonyl (C=O) groups is 1. The quantitative estimate of drug-likeness (QED) is 0.824. The molecule has 1 aromatic rings. The second kappa shape index (κ2) is 8.53. The molecule has 0 bridgehead atoms. The molecular weight excluding hydrogens is 348 g/mol. The molecule has 1 amide bonds. The zero-order valence-electron chi connectivity index (χ0n) is 16.5. The Bertz CT molecular complexity index is 703. The summed E-state index contributed by atoms with van der Waals surface area (Å²) in [5.41, 5.74) is 1.02. The Kier molecular flexibility index (Phi) is 6.86. The molecule has 2 rings (SSSR count). The van der Waals surface area contributed by atoms with E-state index in [2.05, 4.69) is 33.0 Å². The normalized spacial score (nSPS) is 19.3. The van der Waals surface area contributed by atoms with Gasteiger partial charge in [0.15, 0.2) is 0 Å². The first-order valence-corrected chi connectivity index (χ1v) is 10.9. The molecule has 1 fully saturated rings. The molecule has 1 atom stereocenters. The number of hydrogen-bond donors (Lipinski definition) is 1. The number of piperidine rings is 1. The van der Waals surface area contributed by atoms with Crippen LogP contribution in [0.5, 0.6) is 0 Å². The summed E-state index contributed by atoms with van der Waals surface area (Å²) in [7, 11) is -3.55. The standard InChI is InChI=1S/C20H32N2O3S/c1-14(2)19(15(3)4)21-20(23)17-7-6-12-22(13-17)26(24,25)18-10-8-16(5)9-11-18/h8-11,14-15,17,19H,6-7,12-13H2,1-5H3,(H,21,23). The molecule has 146 valence electrons. The molecule has 1 saturated heterocycles. The molecule has 0 spiro atoms. The zero-order valence-corrected chi connectivity index (χ0v) is 17.3. The summed E-state index contributed by atoms with van der Waals surface area (Å²) in [4.78, 5) is 13.0. The summed E-state index contributed by atoms with van der Waals surface area (Å²) in [5.74, 6) is 0.370. The number of sulfonamides is 1. The van der Waals surface area contributed by atoms with Crippen LogP contribution in [-0.2, 0) is 14.8 Å². The van der Waals surface area contributed by atoms with Crippen molar-refractivity contribution in [3.05, 3.63) is 29.8 Å². The van der Waals surface area contributed by atoms with Crippen LogP contribution in [0.1, 0.15) is 46.1 Å². The van der Waals surface area contributed by atoms with E-state index in [9.17, 15) is 13.2 Å². The highest BCUT2D eigenvalue weighted by Gasteiger charge is 2.34. The summed E-state index contributed by atoms with van der Waals surface area (Å²) < 4.78 is 27.3. The van der Waals surface area contributed by atoms with Crippen molar-refractivity contribution in [2.24, 2.45) is 17.8 Å². The van der Waals surface area contributed by atoms with E-state index in [0.717, 1.165) is 12.0 Å². The topological polar surface area (TPSA) is 66.5 Å². The van der Waals surface area contributed by atoms with Crippen molar-refractivity contribution in [2.75, 3.05) is 13.1 Å². The van der Waals surface area contributed by atoms with Crippen molar-refractivity contribution >= 4 is 15.9 Å². The molecule has 1 aliphatic heterocycles. The van der Waals surface area contributed by atoms with Crippen molar-refractivity contribution in [3.8, 4) is 0 Å². The Morgan fingerprint density at radius 2 is 1.69 bits per heavy atom. The summed E-state index contributed by atoms with van der Waals surface area (Å²) in [6.07, 6.45) is 1.44. The highest BCUT2D eigenvalue weighted by Crippen LogP contribution is 2.25. The summed E-state index contributed by atoms with van der Waals surface area (Å²) in [5, 5.41) is 3.14. The van der Waals surface area contributed by atoms with Gasteiger partial charge < -0.3 is 5.32 Å². The molecule has 1 aliphatic rings. The second-order valence-corrected chi connectivity index (χ2v) is 9.98. The second-order valence-electron chi connectivity index (χ2n) is 8.04. The van der Waals surface area contributed by atoms with Gasteiger partial charge in [0.2, 0.25) is 15.9 Å². The van der Waals surface area contributed by atoms with Crippen LogP contribution in [0.2, 0.25) is 0 Å². The van der Waals surface area contributed by atoms with Gasteiger partial charge in [-0.1, -0.05) is 45.4 Å². The Labute approximate surface area is 158 Å². The minimum Gasteiger partial charge on any atom is -0.353 e. The molecule has 0 aromatic heterocycles. The van der Waals surface area contributed by atoms with E-state index in [4.69, 9.17) is 0 Å². The molecule has 5 nitrogen and oxygen atoms in total. The van der Waals surface area contributed by atoms with E-state index in [-0.39, 0.29) is 24.4 Å². The number of carbonyl (C=O) groups excluding carboxylic acids is 1. The molecule has 0 saturated carbocycles. The van der Waals surface area contributed by atoms with E-state index >= 15 is 0 Å². The average molecular weight is 381 g/mol. The number of benzene rings is 1. The van der Waals surface area contributed by atoms with Crippen LogP contribution >= 0.6 is 0 Å². The third kappa shape index (κ3) is 4.86. The van der Waals surface area contributed by atoms with E-state index in [1.807, 2.05) is 6.92 Å². The van der Waals surface area contributed by atoms with Gasteiger partial charge in [-0.2, -0.15) is 4.31 Å². The Balaban J connectivity index is 2.10.